The highest BCUT2D eigenvalue weighted by atomic mass is 16.1. The number of hydrogen-bond acceptors (Lipinski definition) is 1. The summed E-state index contributed by atoms with van der Waals surface area (Å²) in [6.07, 6.45) is 18.9. The summed E-state index contributed by atoms with van der Waals surface area (Å²) in [6.45, 7) is 1.65. The second-order valence-corrected chi connectivity index (χ2v) is 4.65. The quantitative estimate of drug-likeness (QED) is 0.617. The van der Waals surface area contributed by atoms with E-state index in [0.29, 0.717) is 0 Å². The van der Waals surface area contributed by atoms with E-state index >= 15 is 0 Å². The molecule has 1 heteroatoms. The average Bonchev–Trinajstić information content (AvgIpc) is 2.41. The van der Waals surface area contributed by atoms with Crippen LogP contribution in [0.15, 0.2) is 23.3 Å². The molecule has 0 heterocycles. The van der Waals surface area contributed by atoms with Crippen molar-refractivity contribution in [3.8, 4) is 12.3 Å². The number of allylic oxidation sites excluding steroid dienone is 4. The molecule has 0 saturated carbocycles. The van der Waals surface area contributed by atoms with E-state index in [2.05, 4.69) is 18.1 Å². The maximum atomic E-state index is 10.7. The smallest absolute Gasteiger partial charge is 0.155 e. The van der Waals surface area contributed by atoms with Crippen molar-refractivity contribution >= 4 is 5.78 Å². The highest BCUT2D eigenvalue weighted by Gasteiger charge is 2.06. The minimum absolute atomic E-state index is 0.259. The zero-order chi connectivity index (χ0) is 12.5. The molecule has 92 valence electrons. The third kappa shape index (κ3) is 5.54. The van der Waals surface area contributed by atoms with Crippen LogP contribution in [0.3, 0.4) is 0 Å². The first-order chi connectivity index (χ1) is 8.24. The van der Waals surface area contributed by atoms with Gasteiger partial charge in [-0.25, -0.2) is 0 Å². The number of carbonyl (C=O) groups is 1. The van der Waals surface area contributed by atoms with E-state index in [9.17, 15) is 4.79 Å². The van der Waals surface area contributed by atoms with Crippen LogP contribution >= 0.6 is 0 Å². The van der Waals surface area contributed by atoms with Gasteiger partial charge in [0.1, 0.15) is 0 Å². The van der Waals surface area contributed by atoms with Crippen LogP contribution in [0, 0.1) is 12.3 Å². The Balaban J connectivity index is 0.000000171. The molecule has 0 saturated heterocycles. The molecule has 1 nitrogen and oxygen atoms in total. The summed E-state index contributed by atoms with van der Waals surface area (Å²) in [4.78, 5) is 10.7. The number of Topliss-reactive ketones (excluding diaryl/α,β-unsaturated/α-hetero) is 1. The molecule has 0 spiro atoms. The second-order valence-electron chi connectivity index (χ2n) is 4.65. The Morgan fingerprint density at radius 3 is 2.06 bits per heavy atom. The lowest BCUT2D eigenvalue weighted by molar-refractivity contribution is -0.113. The minimum atomic E-state index is 0.259. The van der Waals surface area contributed by atoms with Crippen molar-refractivity contribution < 1.29 is 4.79 Å². The lowest BCUT2D eigenvalue weighted by atomic mass is 9.97. The zero-order valence-corrected chi connectivity index (χ0v) is 10.8. The highest BCUT2D eigenvalue weighted by Crippen LogP contribution is 2.17. The molecule has 2 aliphatic carbocycles. The van der Waals surface area contributed by atoms with Crippen LogP contribution in [0.1, 0.15) is 58.3 Å². The molecule has 0 unspecified atom stereocenters. The van der Waals surface area contributed by atoms with Crippen LogP contribution in [0.2, 0.25) is 0 Å². The summed E-state index contributed by atoms with van der Waals surface area (Å²) in [6, 6.07) is 0. The molecule has 0 aromatic rings. The number of rotatable bonds is 1. The second kappa shape index (κ2) is 7.90. The molecule has 17 heavy (non-hydrogen) atoms. The van der Waals surface area contributed by atoms with Crippen molar-refractivity contribution in [2.75, 3.05) is 0 Å². The third-order valence-electron chi connectivity index (χ3n) is 3.22. The van der Waals surface area contributed by atoms with Crippen LogP contribution in [0.4, 0.5) is 0 Å². The van der Waals surface area contributed by atoms with Crippen LogP contribution in [0.25, 0.3) is 0 Å². The Bertz CT molecular complexity index is 352. The maximum absolute atomic E-state index is 10.7. The van der Waals surface area contributed by atoms with Gasteiger partial charge >= 0.3 is 0 Å². The monoisotopic (exact) mass is 230 g/mol. The number of hydrogen-bond donors (Lipinski definition) is 0. The number of terminal acetylenes is 1. The van der Waals surface area contributed by atoms with Gasteiger partial charge in [-0.2, -0.15) is 0 Å². The summed E-state index contributed by atoms with van der Waals surface area (Å²) >= 11 is 0. The molecule has 0 aromatic heterocycles. The topological polar surface area (TPSA) is 17.1 Å². The van der Waals surface area contributed by atoms with E-state index in [1.807, 2.05) is 0 Å². The van der Waals surface area contributed by atoms with Crippen LogP contribution < -0.4 is 0 Å². The fourth-order valence-electron chi connectivity index (χ4n) is 2.13. The lowest BCUT2D eigenvalue weighted by Crippen LogP contribution is -2.00. The van der Waals surface area contributed by atoms with E-state index in [0.717, 1.165) is 24.8 Å². The fraction of sp³-hybridized carbons (Fsp3) is 0.562. The molecular weight excluding hydrogens is 208 g/mol. The molecule has 2 rings (SSSR count). The van der Waals surface area contributed by atoms with Gasteiger partial charge in [-0.3, -0.25) is 4.79 Å². The number of ketones is 1. The van der Waals surface area contributed by atoms with Crippen molar-refractivity contribution in [2.24, 2.45) is 0 Å². The Hall–Kier alpha value is -1.29. The van der Waals surface area contributed by atoms with Gasteiger partial charge in [0.15, 0.2) is 5.78 Å². The zero-order valence-electron chi connectivity index (χ0n) is 10.8. The summed E-state index contributed by atoms with van der Waals surface area (Å²) < 4.78 is 0. The first-order valence-electron chi connectivity index (χ1n) is 6.59. The first kappa shape index (κ1) is 13.8. The lowest BCUT2D eigenvalue weighted by Gasteiger charge is -2.07. The van der Waals surface area contributed by atoms with Crippen molar-refractivity contribution in [1.82, 2.24) is 0 Å². The minimum Gasteiger partial charge on any atom is -0.295 e. The SMILES string of the molecule is C#CC1=CCCCC1.CC(=O)C1=CCCCC1. The van der Waals surface area contributed by atoms with Gasteiger partial charge in [0.05, 0.1) is 0 Å². The van der Waals surface area contributed by atoms with Crippen molar-refractivity contribution in [3.63, 3.8) is 0 Å². The van der Waals surface area contributed by atoms with E-state index in [4.69, 9.17) is 6.42 Å². The van der Waals surface area contributed by atoms with Crippen LogP contribution in [-0.2, 0) is 4.79 Å². The van der Waals surface area contributed by atoms with Gasteiger partial charge in [-0.15, -0.1) is 6.42 Å². The summed E-state index contributed by atoms with van der Waals surface area (Å²) in [5, 5.41) is 0. The van der Waals surface area contributed by atoms with E-state index in [-0.39, 0.29) is 5.78 Å². The fourth-order valence-corrected chi connectivity index (χ4v) is 2.13. The van der Waals surface area contributed by atoms with Gasteiger partial charge in [-0.05, 0) is 69.4 Å². The normalized spacial score (nSPS) is 19.1. The average molecular weight is 230 g/mol. The van der Waals surface area contributed by atoms with Gasteiger partial charge in [0, 0.05) is 0 Å². The Kier molecular flexibility index (Phi) is 6.40. The predicted molar refractivity (Wildman–Crippen MR) is 72.6 cm³/mol. The predicted octanol–water partition coefficient (Wildman–Crippen LogP) is 4.20. The van der Waals surface area contributed by atoms with E-state index in [1.165, 1.54) is 37.7 Å². The van der Waals surface area contributed by atoms with E-state index in [1.54, 1.807) is 6.92 Å². The Morgan fingerprint density at radius 1 is 1.12 bits per heavy atom. The Morgan fingerprint density at radius 2 is 1.76 bits per heavy atom. The van der Waals surface area contributed by atoms with Crippen molar-refractivity contribution in [1.29, 1.82) is 0 Å². The molecule has 2 aliphatic rings. The largest absolute Gasteiger partial charge is 0.295 e. The van der Waals surface area contributed by atoms with E-state index < -0.39 is 0 Å². The van der Waals surface area contributed by atoms with Crippen LogP contribution in [0.5, 0.6) is 0 Å². The molecular formula is C16H22O. The molecule has 0 amide bonds. The van der Waals surface area contributed by atoms with Crippen molar-refractivity contribution in [2.45, 2.75) is 58.3 Å². The molecule has 0 radical (unpaired) electrons. The van der Waals surface area contributed by atoms with Gasteiger partial charge in [0.2, 0.25) is 0 Å². The van der Waals surface area contributed by atoms with Gasteiger partial charge in [-0.1, -0.05) is 18.1 Å². The molecule has 0 atom stereocenters. The summed E-state index contributed by atoms with van der Waals surface area (Å²) in [7, 11) is 0. The molecule has 0 bridgehead atoms. The Labute approximate surface area is 105 Å². The van der Waals surface area contributed by atoms with Crippen LogP contribution in [-0.4, -0.2) is 5.78 Å². The third-order valence-corrected chi connectivity index (χ3v) is 3.22. The molecule has 0 aliphatic heterocycles. The van der Waals surface area contributed by atoms with Gasteiger partial charge < -0.3 is 0 Å². The van der Waals surface area contributed by atoms with Crippen molar-refractivity contribution in [3.05, 3.63) is 23.3 Å². The first-order valence-corrected chi connectivity index (χ1v) is 6.59. The molecule has 0 fully saturated rings. The number of carbonyl (C=O) groups excluding carboxylic acids is 1. The molecule has 0 N–H and O–H groups in total. The highest BCUT2D eigenvalue weighted by molar-refractivity contribution is 5.93. The van der Waals surface area contributed by atoms with Gasteiger partial charge in [0.25, 0.3) is 0 Å². The maximum Gasteiger partial charge on any atom is 0.155 e. The summed E-state index contributed by atoms with van der Waals surface area (Å²) in [5.74, 6) is 2.92. The standard InChI is InChI=1S/C8H12O.C8H10/c1-7(9)8-5-3-2-4-6-8;1-2-8-6-4-3-5-7-8/h5H,2-4,6H2,1H3;1,6H,3-5,7H2. The summed E-state index contributed by atoms with van der Waals surface area (Å²) in [5.41, 5.74) is 2.25. The molecule has 0 aromatic carbocycles.